The van der Waals surface area contributed by atoms with Crippen LogP contribution in [-0.2, 0) is 16.9 Å². The van der Waals surface area contributed by atoms with Gasteiger partial charge >= 0.3 is 12.4 Å². The number of halogens is 6. The summed E-state index contributed by atoms with van der Waals surface area (Å²) in [5, 5.41) is 10.4. The second-order valence-electron chi connectivity index (χ2n) is 6.35. The lowest BCUT2D eigenvalue weighted by molar-refractivity contribution is -0.376. The van der Waals surface area contributed by atoms with E-state index in [1.54, 1.807) is 6.92 Å². The van der Waals surface area contributed by atoms with Crippen LogP contribution in [0.2, 0.25) is 0 Å². The van der Waals surface area contributed by atoms with Gasteiger partial charge in [-0.2, -0.15) is 26.3 Å². The Balaban J connectivity index is 2.49. The molecule has 2 aromatic rings. The highest BCUT2D eigenvalue weighted by Crippen LogP contribution is 2.49. The van der Waals surface area contributed by atoms with Gasteiger partial charge in [0.1, 0.15) is 0 Å². The average molecular weight is 436 g/mol. The third-order valence-corrected chi connectivity index (χ3v) is 4.57. The molecule has 164 valence electrons. The van der Waals surface area contributed by atoms with Crippen molar-refractivity contribution < 1.29 is 41.1 Å². The van der Waals surface area contributed by atoms with E-state index < -0.39 is 29.4 Å². The molecule has 0 unspecified atom stereocenters. The number of aromatic nitrogens is 1. The van der Waals surface area contributed by atoms with E-state index in [2.05, 4.69) is 4.98 Å². The van der Waals surface area contributed by atoms with Crippen molar-refractivity contribution in [1.29, 1.82) is 0 Å². The van der Waals surface area contributed by atoms with Crippen molar-refractivity contribution in [1.82, 2.24) is 10.0 Å². The normalized spacial score (nSPS) is 12.7. The van der Waals surface area contributed by atoms with Gasteiger partial charge in [-0.05, 0) is 30.2 Å². The Bertz CT molecular complexity index is 896. The molecule has 2 rings (SSSR count). The summed E-state index contributed by atoms with van der Waals surface area (Å²) in [5.74, 6) is -0.442. The number of hydrogen-bond acceptors (Lipinski definition) is 4. The fraction of sp³-hybridized carbons (Fsp3) is 0.368. The van der Waals surface area contributed by atoms with E-state index in [1.165, 1.54) is 32.4 Å². The minimum atomic E-state index is -5.99. The number of amides is 1. The maximum absolute atomic E-state index is 13.0. The van der Waals surface area contributed by atoms with Crippen molar-refractivity contribution in [2.45, 2.75) is 31.3 Å². The third kappa shape index (κ3) is 4.12. The number of benzene rings is 1. The molecule has 0 spiro atoms. The summed E-state index contributed by atoms with van der Waals surface area (Å²) in [7, 11) is 2.71. The van der Waals surface area contributed by atoms with Crippen LogP contribution in [0.25, 0.3) is 11.3 Å². The van der Waals surface area contributed by atoms with E-state index in [0.717, 1.165) is 11.1 Å². The van der Waals surface area contributed by atoms with Crippen molar-refractivity contribution >= 4 is 5.91 Å². The standard InChI is InChI=1S/C19H18F6N2O3/c1-4-11-9-12(16(28)27(2)30-3)5-7-14(11)15-8-6-13(10-26-15)17(29,18(20,21)22)19(23,24)25/h5-10,29H,4H2,1-3H3. The van der Waals surface area contributed by atoms with Crippen LogP contribution in [0.3, 0.4) is 0 Å². The van der Waals surface area contributed by atoms with Crippen LogP contribution in [0.1, 0.15) is 28.4 Å². The van der Waals surface area contributed by atoms with Crippen molar-refractivity contribution in [3.63, 3.8) is 0 Å². The number of aryl methyl sites for hydroxylation is 1. The number of hydrogen-bond donors (Lipinski definition) is 1. The molecular weight excluding hydrogens is 418 g/mol. The Kier molecular flexibility index (Phi) is 6.48. The lowest BCUT2D eigenvalue weighted by Crippen LogP contribution is -2.53. The molecule has 1 heterocycles. The first-order valence-corrected chi connectivity index (χ1v) is 8.55. The van der Waals surface area contributed by atoms with Gasteiger partial charge in [0.2, 0.25) is 0 Å². The van der Waals surface area contributed by atoms with E-state index in [9.17, 15) is 36.2 Å². The average Bonchev–Trinajstić information content (AvgIpc) is 2.69. The van der Waals surface area contributed by atoms with E-state index >= 15 is 0 Å². The Morgan fingerprint density at radius 3 is 2.13 bits per heavy atom. The summed E-state index contributed by atoms with van der Waals surface area (Å²) in [5.41, 5.74) is -5.12. The second-order valence-corrected chi connectivity index (χ2v) is 6.35. The van der Waals surface area contributed by atoms with Gasteiger partial charge in [-0.1, -0.05) is 19.1 Å². The molecule has 0 saturated heterocycles. The number of alkyl halides is 6. The molecular formula is C19H18F6N2O3. The minimum absolute atomic E-state index is 0.0846. The Hall–Kier alpha value is -2.66. The molecule has 0 aliphatic rings. The van der Waals surface area contributed by atoms with Crippen molar-refractivity contribution in [3.8, 4) is 11.3 Å². The van der Waals surface area contributed by atoms with Gasteiger partial charge in [-0.15, -0.1) is 0 Å². The SMILES string of the molecule is CCc1cc(C(=O)N(C)OC)ccc1-c1ccc(C(O)(C(F)(F)F)C(F)(F)F)cn1. The van der Waals surface area contributed by atoms with Crippen LogP contribution in [0.5, 0.6) is 0 Å². The van der Waals surface area contributed by atoms with Gasteiger partial charge in [0, 0.05) is 29.9 Å². The zero-order chi connectivity index (χ0) is 22.9. The highest BCUT2D eigenvalue weighted by molar-refractivity contribution is 5.94. The molecule has 1 amide bonds. The van der Waals surface area contributed by atoms with Crippen LogP contribution in [-0.4, -0.2) is 47.6 Å². The van der Waals surface area contributed by atoms with Crippen LogP contribution in [0, 0.1) is 0 Å². The maximum Gasteiger partial charge on any atom is 0.430 e. The van der Waals surface area contributed by atoms with Crippen LogP contribution >= 0.6 is 0 Å². The van der Waals surface area contributed by atoms with Gasteiger partial charge in [-0.3, -0.25) is 14.6 Å². The Morgan fingerprint density at radius 1 is 1.10 bits per heavy atom. The molecule has 0 radical (unpaired) electrons. The minimum Gasteiger partial charge on any atom is -0.369 e. The van der Waals surface area contributed by atoms with Crippen molar-refractivity contribution in [3.05, 3.63) is 53.2 Å². The Labute approximate surface area is 167 Å². The highest BCUT2D eigenvalue weighted by atomic mass is 19.4. The van der Waals surface area contributed by atoms with Gasteiger partial charge in [-0.25, -0.2) is 5.06 Å². The summed E-state index contributed by atoms with van der Waals surface area (Å²) in [4.78, 5) is 20.7. The highest BCUT2D eigenvalue weighted by Gasteiger charge is 2.71. The number of nitrogens with zero attached hydrogens (tertiary/aromatic N) is 2. The molecule has 0 saturated carbocycles. The van der Waals surface area contributed by atoms with E-state index in [-0.39, 0.29) is 11.3 Å². The predicted molar refractivity (Wildman–Crippen MR) is 94.2 cm³/mol. The maximum atomic E-state index is 13.0. The van der Waals surface area contributed by atoms with Crippen LogP contribution < -0.4 is 0 Å². The molecule has 0 aliphatic carbocycles. The molecule has 1 aromatic carbocycles. The molecule has 0 aliphatic heterocycles. The molecule has 30 heavy (non-hydrogen) atoms. The largest absolute Gasteiger partial charge is 0.430 e. The Morgan fingerprint density at radius 2 is 1.70 bits per heavy atom. The molecule has 0 fully saturated rings. The summed E-state index contributed by atoms with van der Waals surface area (Å²) in [6.07, 6.45) is -11.2. The fourth-order valence-electron chi connectivity index (χ4n) is 2.79. The van der Waals surface area contributed by atoms with Gasteiger partial charge in [0.15, 0.2) is 0 Å². The quantitative estimate of drug-likeness (QED) is 0.562. The summed E-state index contributed by atoms with van der Waals surface area (Å²) in [6.45, 7) is 1.76. The summed E-state index contributed by atoms with van der Waals surface area (Å²) >= 11 is 0. The predicted octanol–water partition coefficient (Wildman–Crippen LogP) is 4.26. The van der Waals surface area contributed by atoms with E-state index in [1.807, 2.05) is 0 Å². The van der Waals surface area contributed by atoms with E-state index in [4.69, 9.17) is 4.84 Å². The molecule has 5 nitrogen and oxygen atoms in total. The second kappa shape index (κ2) is 8.23. The van der Waals surface area contributed by atoms with Crippen molar-refractivity contribution in [2.75, 3.05) is 14.2 Å². The molecule has 1 N–H and O–H groups in total. The third-order valence-electron chi connectivity index (χ3n) is 4.57. The van der Waals surface area contributed by atoms with Gasteiger partial charge in [0.25, 0.3) is 11.5 Å². The van der Waals surface area contributed by atoms with Crippen LogP contribution in [0.15, 0.2) is 36.5 Å². The van der Waals surface area contributed by atoms with Gasteiger partial charge < -0.3 is 5.11 Å². The summed E-state index contributed by atoms with van der Waals surface area (Å²) in [6, 6.07) is 5.93. The van der Waals surface area contributed by atoms with E-state index in [0.29, 0.717) is 29.8 Å². The number of carbonyl (C=O) groups excluding carboxylic acids is 1. The number of carbonyl (C=O) groups is 1. The van der Waals surface area contributed by atoms with Crippen LogP contribution in [0.4, 0.5) is 26.3 Å². The number of hydroxylamine groups is 2. The summed E-state index contributed by atoms with van der Waals surface area (Å²) < 4.78 is 78.0. The zero-order valence-electron chi connectivity index (χ0n) is 16.1. The molecule has 1 aromatic heterocycles. The van der Waals surface area contributed by atoms with Crippen molar-refractivity contribution in [2.24, 2.45) is 0 Å². The number of aliphatic hydroxyl groups is 1. The first kappa shape index (κ1) is 23.6. The van der Waals surface area contributed by atoms with Gasteiger partial charge in [0.05, 0.1) is 12.8 Å². The molecule has 0 bridgehead atoms. The lowest BCUT2D eigenvalue weighted by Gasteiger charge is -2.32. The topological polar surface area (TPSA) is 62.7 Å². The lowest BCUT2D eigenvalue weighted by atomic mass is 9.92. The number of rotatable bonds is 5. The first-order valence-electron chi connectivity index (χ1n) is 8.55. The fourth-order valence-corrected chi connectivity index (χ4v) is 2.79. The molecule has 11 heteroatoms. The zero-order valence-corrected chi connectivity index (χ0v) is 16.1. The first-order chi connectivity index (χ1) is 13.8. The molecule has 0 atom stereocenters. The smallest absolute Gasteiger partial charge is 0.369 e. The monoisotopic (exact) mass is 436 g/mol. The number of pyridine rings is 1.